The summed E-state index contributed by atoms with van der Waals surface area (Å²) in [6.45, 7) is 2.09. The van der Waals surface area contributed by atoms with Crippen LogP contribution in [0.2, 0.25) is 0 Å². The number of nitrogens with zero attached hydrogens (tertiary/aromatic N) is 1. The first-order valence-electron chi connectivity index (χ1n) is 4.99. The smallest absolute Gasteiger partial charge is 0.185 e. The molecule has 0 fully saturated rings. The van der Waals surface area contributed by atoms with Crippen molar-refractivity contribution in [2.45, 2.75) is 26.3 Å². The number of nitrogens with two attached hydrogens (primary N) is 1. The molecule has 2 N–H and O–H groups in total. The van der Waals surface area contributed by atoms with Crippen LogP contribution in [-0.4, -0.2) is 15.9 Å². The molecule has 4 heteroatoms. The molecule has 0 amide bonds. The molecule has 0 aliphatic carbocycles. The number of carbonyl (C=O) groups excluding carboxylic acids is 1. The van der Waals surface area contributed by atoms with Gasteiger partial charge in [-0.15, -0.1) is 0 Å². The Morgan fingerprint density at radius 1 is 1.53 bits per heavy atom. The van der Waals surface area contributed by atoms with Crippen molar-refractivity contribution in [1.29, 1.82) is 0 Å². The monoisotopic (exact) mass is 224 g/mol. The van der Waals surface area contributed by atoms with Gasteiger partial charge in [0, 0.05) is 25.4 Å². The van der Waals surface area contributed by atoms with E-state index in [0.717, 1.165) is 24.3 Å². The highest BCUT2D eigenvalue weighted by atomic mass is 32.2. The fraction of sp³-hybridized carbons (Fsp3) is 0.455. The predicted octanol–water partition coefficient (Wildman–Crippen LogP) is 1.75. The maximum Gasteiger partial charge on any atom is 0.185 e. The first-order chi connectivity index (χ1) is 7.22. The molecule has 82 valence electrons. The summed E-state index contributed by atoms with van der Waals surface area (Å²) in [5.41, 5.74) is 7.57. The molecule has 1 aromatic rings. The topological polar surface area (TPSA) is 56.0 Å². The Balaban J connectivity index is 2.28. The Morgan fingerprint density at radius 3 is 2.87 bits per heavy atom. The lowest BCUT2D eigenvalue weighted by Crippen LogP contribution is -1.99. The van der Waals surface area contributed by atoms with E-state index in [2.05, 4.69) is 4.98 Å². The number of carbonyl (C=O) groups is 1. The quantitative estimate of drug-likeness (QED) is 0.774. The van der Waals surface area contributed by atoms with Crippen molar-refractivity contribution in [3.63, 3.8) is 0 Å². The Labute approximate surface area is 94.5 Å². The fourth-order valence-electron chi connectivity index (χ4n) is 1.22. The van der Waals surface area contributed by atoms with Gasteiger partial charge in [-0.3, -0.25) is 9.78 Å². The fourth-order valence-corrected chi connectivity index (χ4v) is 1.79. The molecule has 3 nitrogen and oxygen atoms in total. The number of pyridine rings is 1. The standard InChI is InChI=1S/C11H16N2OS/c1-9(14)15-6-2-3-10-4-5-11(7-12)13-8-10/h4-5,8H,2-3,6-7,12H2,1H3. The molecule has 0 radical (unpaired) electrons. The first kappa shape index (κ1) is 12.2. The molecule has 0 aromatic carbocycles. The first-order valence-corrected chi connectivity index (χ1v) is 5.98. The van der Waals surface area contributed by atoms with Crippen LogP contribution in [0.15, 0.2) is 18.3 Å². The van der Waals surface area contributed by atoms with Gasteiger partial charge in [0.2, 0.25) is 0 Å². The summed E-state index contributed by atoms with van der Waals surface area (Å²) < 4.78 is 0. The van der Waals surface area contributed by atoms with Gasteiger partial charge >= 0.3 is 0 Å². The Kier molecular flexibility index (Phi) is 5.36. The minimum Gasteiger partial charge on any atom is -0.325 e. The lowest BCUT2D eigenvalue weighted by atomic mass is 10.1. The summed E-state index contributed by atoms with van der Waals surface area (Å²) in [4.78, 5) is 14.9. The number of aromatic nitrogens is 1. The summed E-state index contributed by atoms with van der Waals surface area (Å²) in [5.74, 6) is 0.883. The van der Waals surface area contributed by atoms with Gasteiger partial charge in [-0.2, -0.15) is 0 Å². The Morgan fingerprint density at radius 2 is 2.33 bits per heavy atom. The SMILES string of the molecule is CC(=O)SCCCc1ccc(CN)nc1. The van der Waals surface area contributed by atoms with Crippen molar-refractivity contribution < 1.29 is 4.79 Å². The zero-order valence-electron chi connectivity index (χ0n) is 8.90. The number of hydrogen-bond acceptors (Lipinski definition) is 4. The van der Waals surface area contributed by atoms with Gasteiger partial charge in [0.05, 0.1) is 5.69 Å². The van der Waals surface area contributed by atoms with Crippen molar-refractivity contribution in [2.75, 3.05) is 5.75 Å². The van der Waals surface area contributed by atoms with Crippen LogP contribution in [0.5, 0.6) is 0 Å². The lowest BCUT2D eigenvalue weighted by molar-refractivity contribution is -0.109. The Bertz CT molecular complexity index is 311. The van der Waals surface area contributed by atoms with E-state index in [0.29, 0.717) is 6.54 Å². The summed E-state index contributed by atoms with van der Waals surface area (Å²) >= 11 is 1.38. The zero-order chi connectivity index (χ0) is 11.1. The molecule has 0 bridgehead atoms. The average Bonchev–Trinajstić information content (AvgIpc) is 2.25. The summed E-state index contributed by atoms with van der Waals surface area (Å²) in [7, 11) is 0. The highest BCUT2D eigenvalue weighted by Gasteiger charge is 1.97. The van der Waals surface area contributed by atoms with E-state index in [-0.39, 0.29) is 5.12 Å². The van der Waals surface area contributed by atoms with Gasteiger partial charge in [-0.25, -0.2) is 0 Å². The number of aryl methyl sites for hydroxylation is 1. The largest absolute Gasteiger partial charge is 0.325 e. The third-order valence-corrected chi connectivity index (χ3v) is 2.91. The normalized spacial score (nSPS) is 10.3. The van der Waals surface area contributed by atoms with Crippen molar-refractivity contribution in [3.05, 3.63) is 29.6 Å². The van der Waals surface area contributed by atoms with Crippen molar-refractivity contribution >= 4 is 16.9 Å². The van der Waals surface area contributed by atoms with Crippen LogP contribution >= 0.6 is 11.8 Å². The average molecular weight is 224 g/mol. The molecule has 1 aromatic heterocycles. The number of hydrogen-bond donors (Lipinski definition) is 1. The van der Waals surface area contributed by atoms with Crippen molar-refractivity contribution in [3.8, 4) is 0 Å². The van der Waals surface area contributed by atoms with Gasteiger partial charge in [0.25, 0.3) is 0 Å². The summed E-state index contributed by atoms with van der Waals surface area (Å²) in [5, 5.41) is 0.187. The zero-order valence-corrected chi connectivity index (χ0v) is 9.72. The van der Waals surface area contributed by atoms with Crippen LogP contribution in [0.25, 0.3) is 0 Å². The van der Waals surface area contributed by atoms with E-state index in [1.165, 1.54) is 17.3 Å². The third-order valence-electron chi connectivity index (χ3n) is 2.01. The molecule has 0 atom stereocenters. The number of rotatable bonds is 5. The molecule has 0 saturated carbocycles. The molecule has 0 aliphatic heterocycles. The lowest BCUT2D eigenvalue weighted by Gasteiger charge is -2.01. The maximum atomic E-state index is 10.7. The van der Waals surface area contributed by atoms with E-state index in [9.17, 15) is 4.79 Å². The summed E-state index contributed by atoms with van der Waals surface area (Å²) in [6, 6.07) is 4.00. The minimum absolute atomic E-state index is 0.187. The van der Waals surface area contributed by atoms with Crippen LogP contribution in [0.1, 0.15) is 24.6 Å². The maximum absolute atomic E-state index is 10.7. The number of thioether (sulfide) groups is 1. The van der Waals surface area contributed by atoms with Crippen molar-refractivity contribution in [1.82, 2.24) is 4.98 Å². The molecule has 0 spiro atoms. The van der Waals surface area contributed by atoms with Crippen LogP contribution < -0.4 is 5.73 Å². The molecule has 15 heavy (non-hydrogen) atoms. The van der Waals surface area contributed by atoms with Gasteiger partial charge < -0.3 is 5.73 Å². The minimum atomic E-state index is 0.187. The van der Waals surface area contributed by atoms with Gasteiger partial charge in [0.1, 0.15) is 0 Å². The van der Waals surface area contributed by atoms with Crippen LogP contribution in [0.4, 0.5) is 0 Å². The highest BCUT2D eigenvalue weighted by molar-refractivity contribution is 8.13. The summed E-state index contributed by atoms with van der Waals surface area (Å²) in [6.07, 6.45) is 3.84. The second-order valence-corrected chi connectivity index (χ2v) is 4.58. The van der Waals surface area contributed by atoms with E-state index in [1.54, 1.807) is 6.92 Å². The van der Waals surface area contributed by atoms with Gasteiger partial charge in [-0.05, 0) is 24.5 Å². The Hall–Kier alpha value is -0.870. The second-order valence-electron chi connectivity index (χ2n) is 3.31. The molecule has 1 rings (SSSR count). The third kappa shape index (κ3) is 4.95. The highest BCUT2D eigenvalue weighted by Crippen LogP contribution is 2.08. The van der Waals surface area contributed by atoms with Crippen LogP contribution in [0, 0.1) is 0 Å². The van der Waals surface area contributed by atoms with E-state index >= 15 is 0 Å². The van der Waals surface area contributed by atoms with Crippen LogP contribution in [-0.2, 0) is 17.8 Å². The molecule has 0 aliphatic rings. The predicted molar refractivity (Wildman–Crippen MR) is 63.6 cm³/mol. The second kappa shape index (κ2) is 6.58. The molecule has 1 heterocycles. The van der Waals surface area contributed by atoms with E-state index in [4.69, 9.17) is 5.73 Å². The van der Waals surface area contributed by atoms with Gasteiger partial charge in [-0.1, -0.05) is 17.8 Å². The van der Waals surface area contributed by atoms with E-state index in [1.807, 2.05) is 18.3 Å². The van der Waals surface area contributed by atoms with Gasteiger partial charge in [0.15, 0.2) is 5.12 Å². The molecular weight excluding hydrogens is 208 g/mol. The molecule has 0 unspecified atom stereocenters. The van der Waals surface area contributed by atoms with E-state index < -0.39 is 0 Å². The molecular formula is C11H16N2OS. The molecule has 0 saturated heterocycles. The van der Waals surface area contributed by atoms with Crippen molar-refractivity contribution in [2.24, 2.45) is 5.73 Å². The van der Waals surface area contributed by atoms with Crippen LogP contribution in [0.3, 0.4) is 0 Å².